The van der Waals surface area contributed by atoms with Crippen molar-refractivity contribution >= 4 is 5.97 Å². The van der Waals surface area contributed by atoms with Gasteiger partial charge in [0.1, 0.15) is 0 Å². The molecule has 0 aliphatic rings. The number of carbonyl (C=O) groups is 1. The fraction of sp³-hybridized carbons (Fsp3) is 0.409. The van der Waals surface area contributed by atoms with E-state index >= 15 is 0 Å². The van der Waals surface area contributed by atoms with Crippen molar-refractivity contribution in [2.45, 2.75) is 45.4 Å². The lowest BCUT2D eigenvalue weighted by molar-refractivity contribution is -0.143. The highest BCUT2D eigenvalue weighted by Gasteiger charge is 2.27. The summed E-state index contributed by atoms with van der Waals surface area (Å²) < 4.78 is 0. The molecular formula is C22H28O2. The van der Waals surface area contributed by atoms with Crippen LogP contribution in [-0.4, -0.2) is 11.1 Å². The molecule has 0 radical (unpaired) electrons. The van der Waals surface area contributed by atoms with Crippen molar-refractivity contribution in [3.05, 3.63) is 71.8 Å². The molecule has 0 aliphatic carbocycles. The topological polar surface area (TPSA) is 37.3 Å². The van der Waals surface area contributed by atoms with E-state index in [0.29, 0.717) is 6.42 Å². The van der Waals surface area contributed by atoms with Gasteiger partial charge in [0.05, 0.1) is 5.92 Å². The highest BCUT2D eigenvalue weighted by atomic mass is 16.4. The molecule has 2 aromatic carbocycles. The van der Waals surface area contributed by atoms with Crippen molar-refractivity contribution in [3.8, 4) is 0 Å². The van der Waals surface area contributed by atoms with Gasteiger partial charge in [0.2, 0.25) is 0 Å². The summed E-state index contributed by atoms with van der Waals surface area (Å²) in [5, 5.41) is 9.80. The fourth-order valence-corrected chi connectivity index (χ4v) is 3.33. The number of hydrogen-bond donors (Lipinski definition) is 1. The molecule has 0 aliphatic heterocycles. The highest BCUT2D eigenvalue weighted by Crippen LogP contribution is 2.28. The number of unbranched alkanes of at least 4 members (excludes halogenated alkanes) is 1. The molecule has 2 unspecified atom stereocenters. The predicted octanol–water partition coefficient (Wildman–Crippen LogP) is 5.37. The Bertz CT molecular complexity index is 592. The zero-order valence-electron chi connectivity index (χ0n) is 14.5. The quantitative estimate of drug-likeness (QED) is 0.638. The van der Waals surface area contributed by atoms with Crippen LogP contribution >= 0.6 is 0 Å². The van der Waals surface area contributed by atoms with E-state index in [4.69, 9.17) is 0 Å². The molecule has 1 N–H and O–H groups in total. The lowest BCUT2D eigenvalue weighted by Gasteiger charge is -2.24. The number of aryl methyl sites for hydroxylation is 1. The van der Waals surface area contributed by atoms with Gasteiger partial charge in [-0.3, -0.25) is 4.79 Å². The molecule has 0 spiro atoms. The minimum Gasteiger partial charge on any atom is -0.481 e. The van der Waals surface area contributed by atoms with Gasteiger partial charge < -0.3 is 5.11 Å². The fourth-order valence-electron chi connectivity index (χ4n) is 3.33. The molecule has 2 atom stereocenters. The molecule has 0 saturated heterocycles. The summed E-state index contributed by atoms with van der Waals surface area (Å²) in [6.45, 7) is 2.17. The first-order valence-corrected chi connectivity index (χ1v) is 9.01. The molecule has 0 amide bonds. The van der Waals surface area contributed by atoms with Crippen molar-refractivity contribution in [2.24, 2.45) is 11.8 Å². The minimum absolute atomic E-state index is 0.225. The molecule has 0 aromatic heterocycles. The van der Waals surface area contributed by atoms with E-state index < -0.39 is 5.97 Å². The maximum Gasteiger partial charge on any atom is 0.307 e. The van der Waals surface area contributed by atoms with E-state index in [1.165, 1.54) is 5.56 Å². The summed E-state index contributed by atoms with van der Waals surface area (Å²) >= 11 is 0. The minimum atomic E-state index is -0.659. The van der Waals surface area contributed by atoms with Gasteiger partial charge >= 0.3 is 5.97 Å². The van der Waals surface area contributed by atoms with Crippen molar-refractivity contribution < 1.29 is 9.90 Å². The number of carboxylic acid groups (broad SMARTS) is 1. The normalized spacial score (nSPS) is 13.4. The third-order valence-corrected chi connectivity index (χ3v) is 4.76. The number of aliphatic carboxylic acids is 1. The monoisotopic (exact) mass is 324 g/mol. The Morgan fingerprint density at radius 2 is 1.50 bits per heavy atom. The lowest BCUT2D eigenvalue weighted by atomic mass is 9.80. The second-order valence-electron chi connectivity index (χ2n) is 6.56. The Morgan fingerprint density at radius 1 is 0.917 bits per heavy atom. The van der Waals surface area contributed by atoms with E-state index in [0.717, 1.165) is 37.7 Å². The zero-order chi connectivity index (χ0) is 17.2. The Morgan fingerprint density at radius 3 is 2.04 bits per heavy atom. The van der Waals surface area contributed by atoms with Gasteiger partial charge in [-0.2, -0.15) is 0 Å². The van der Waals surface area contributed by atoms with Crippen LogP contribution in [0.5, 0.6) is 0 Å². The average Bonchev–Trinajstić information content (AvgIpc) is 2.62. The molecule has 2 aromatic rings. The molecule has 24 heavy (non-hydrogen) atoms. The summed E-state index contributed by atoms with van der Waals surface area (Å²) in [7, 11) is 0. The Hall–Kier alpha value is -2.09. The van der Waals surface area contributed by atoms with Gasteiger partial charge in [0, 0.05) is 0 Å². The smallest absolute Gasteiger partial charge is 0.307 e. The van der Waals surface area contributed by atoms with Gasteiger partial charge in [-0.25, -0.2) is 0 Å². The van der Waals surface area contributed by atoms with Crippen molar-refractivity contribution in [1.82, 2.24) is 0 Å². The van der Waals surface area contributed by atoms with Crippen LogP contribution in [-0.2, 0) is 17.6 Å². The second-order valence-corrected chi connectivity index (χ2v) is 6.56. The van der Waals surface area contributed by atoms with Gasteiger partial charge in [-0.15, -0.1) is 0 Å². The molecule has 0 bridgehead atoms. The molecule has 2 nitrogen and oxygen atoms in total. The summed E-state index contributed by atoms with van der Waals surface area (Å²) in [4.78, 5) is 11.9. The average molecular weight is 324 g/mol. The van der Waals surface area contributed by atoms with Gasteiger partial charge in [-0.05, 0) is 42.7 Å². The number of hydrogen-bond acceptors (Lipinski definition) is 1. The van der Waals surface area contributed by atoms with E-state index in [2.05, 4.69) is 31.2 Å². The Labute approximate surface area is 145 Å². The first kappa shape index (κ1) is 18.3. The third-order valence-electron chi connectivity index (χ3n) is 4.76. The number of carboxylic acids is 1. The number of rotatable bonds is 10. The Kier molecular flexibility index (Phi) is 7.54. The molecule has 2 rings (SSSR count). The largest absolute Gasteiger partial charge is 0.481 e. The Balaban J connectivity index is 2.07. The third kappa shape index (κ3) is 5.84. The predicted molar refractivity (Wildman–Crippen MR) is 99.0 cm³/mol. The molecule has 128 valence electrons. The maximum absolute atomic E-state index is 11.9. The van der Waals surface area contributed by atoms with Crippen molar-refractivity contribution in [1.29, 1.82) is 0 Å². The van der Waals surface area contributed by atoms with E-state index in [1.807, 2.05) is 36.4 Å². The summed E-state index contributed by atoms with van der Waals surface area (Å²) in [6, 6.07) is 20.4. The second kappa shape index (κ2) is 9.92. The van der Waals surface area contributed by atoms with Crippen LogP contribution in [0.4, 0.5) is 0 Å². The first-order chi connectivity index (χ1) is 11.7. The first-order valence-electron chi connectivity index (χ1n) is 9.01. The van der Waals surface area contributed by atoms with Gasteiger partial charge in [-0.1, -0.05) is 80.4 Å². The molecular weight excluding hydrogens is 296 g/mol. The molecule has 0 fully saturated rings. The van der Waals surface area contributed by atoms with Gasteiger partial charge in [0.15, 0.2) is 0 Å². The van der Waals surface area contributed by atoms with Crippen LogP contribution in [0.1, 0.15) is 43.7 Å². The summed E-state index contributed by atoms with van der Waals surface area (Å²) in [5.41, 5.74) is 2.41. The van der Waals surface area contributed by atoms with Crippen LogP contribution in [0.15, 0.2) is 60.7 Å². The van der Waals surface area contributed by atoms with E-state index in [-0.39, 0.29) is 11.8 Å². The summed E-state index contributed by atoms with van der Waals surface area (Å²) in [6.07, 6.45) is 5.71. The van der Waals surface area contributed by atoms with Crippen LogP contribution in [0.3, 0.4) is 0 Å². The SMILES string of the molecule is CCCCC(CCc1ccccc1)C(Cc1ccccc1)C(=O)O. The lowest BCUT2D eigenvalue weighted by Crippen LogP contribution is -2.26. The standard InChI is InChI=1S/C22H28O2/c1-2-3-14-20(16-15-18-10-6-4-7-11-18)21(22(23)24)17-19-12-8-5-9-13-19/h4-13,20-21H,2-3,14-17H2,1H3,(H,23,24). The summed E-state index contributed by atoms with van der Waals surface area (Å²) in [5.74, 6) is -0.737. The van der Waals surface area contributed by atoms with Crippen LogP contribution in [0, 0.1) is 11.8 Å². The van der Waals surface area contributed by atoms with Crippen molar-refractivity contribution in [3.63, 3.8) is 0 Å². The van der Waals surface area contributed by atoms with E-state index in [1.54, 1.807) is 0 Å². The molecule has 2 heteroatoms. The highest BCUT2D eigenvalue weighted by molar-refractivity contribution is 5.70. The van der Waals surface area contributed by atoms with E-state index in [9.17, 15) is 9.90 Å². The maximum atomic E-state index is 11.9. The molecule has 0 saturated carbocycles. The van der Waals surface area contributed by atoms with Crippen LogP contribution in [0.25, 0.3) is 0 Å². The molecule has 0 heterocycles. The van der Waals surface area contributed by atoms with Crippen LogP contribution < -0.4 is 0 Å². The van der Waals surface area contributed by atoms with Crippen molar-refractivity contribution in [2.75, 3.05) is 0 Å². The van der Waals surface area contributed by atoms with Crippen LogP contribution in [0.2, 0.25) is 0 Å². The zero-order valence-corrected chi connectivity index (χ0v) is 14.5. The number of benzene rings is 2. The van der Waals surface area contributed by atoms with Gasteiger partial charge in [0.25, 0.3) is 0 Å².